The molecule has 0 atom stereocenters. The van der Waals surface area contributed by atoms with Crippen molar-refractivity contribution in [2.45, 2.75) is 13.5 Å². The molecule has 2 heterocycles. The Balaban J connectivity index is 1.63. The van der Waals surface area contributed by atoms with Crippen LogP contribution in [0.1, 0.15) is 23.6 Å². The van der Waals surface area contributed by atoms with Crippen LogP contribution in [0.4, 0.5) is 11.4 Å². The summed E-state index contributed by atoms with van der Waals surface area (Å²) >= 11 is 6.13. The van der Waals surface area contributed by atoms with Crippen LogP contribution in [0.5, 0.6) is 0 Å². The molecular weight excluding hydrogens is 440 g/mol. The zero-order valence-electron chi connectivity index (χ0n) is 17.8. The van der Waals surface area contributed by atoms with Gasteiger partial charge in [0.1, 0.15) is 0 Å². The normalized spacial score (nSPS) is 14.3. The number of fused-ring (bicyclic) bond motifs is 2. The van der Waals surface area contributed by atoms with Crippen LogP contribution in [0, 0.1) is 0 Å². The minimum Gasteiger partial charge on any atom is -0.408 e. The van der Waals surface area contributed by atoms with Gasteiger partial charge in [-0.15, -0.1) is 0 Å². The number of oxazole rings is 1. The number of aromatic nitrogens is 1. The molecule has 4 N–H and O–H groups in total. The molecule has 0 saturated carbocycles. The summed E-state index contributed by atoms with van der Waals surface area (Å²) in [4.78, 5) is 27.3. The summed E-state index contributed by atoms with van der Waals surface area (Å²) in [5.74, 6) is -0.770. The van der Waals surface area contributed by atoms with Gasteiger partial charge in [-0.25, -0.2) is 4.79 Å². The van der Waals surface area contributed by atoms with Gasteiger partial charge < -0.3 is 20.4 Å². The lowest BCUT2D eigenvalue weighted by atomic mass is 9.99. The number of carbonyl (C=O) groups is 1. The molecular formula is C25H21ClN4O3. The molecule has 5 rings (SSSR count). The van der Waals surface area contributed by atoms with E-state index < -0.39 is 5.76 Å². The number of hydrogen-bond acceptors (Lipinski definition) is 5. The van der Waals surface area contributed by atoms with E-state index in [0.717, 1.165) is 29.9 Å². The van der Waals surface area contributed by atoms with Crippen molar-refractivity contribution in [3.05, 3.63) is 92.9 Å². The van der Waals surface area contributed by atoms with Crippen molar-refractivity contribution < 1.29 is 9.21 Å². The van der Waals surface area contributed by atoms with Gasteiger partial charge in [-0.2, -0.15) is 0 Å². The van der Waals surface area contributed by atoms with Crippen molar-refractivity contribution in [2.75, 3.05) is 17.2 Å². The fourth-order valence-corrected chi connectivity index (χ4v) is 4.06. The number of carbonyl (C=O) groups excluding carboxylic acids is 1. The average molecular weight is 461 g/mol. The highest BCUT2D eigenvalue weighted by Gasteiger charge is 2.29. The second-order valence-electron chi connectivity index (χ2n) is 7.72. The summed E-state index contributed by atoms with van der Waals surface area (Å²) in [7, 11) is 0. The summed E-state index contributed by atoms with van der Waals surface area (Å²) < 4.78 is 5.25. The first-order chi connectivity index (χ1) is 16.0. The number of nitrogens with one attached hydrogen (secondary N) is 4. The van der Waals surface area contributed by atoms with Crippen molar-refractivity contribution in [2.24, 2.45) is 0 Å². The fraction of sp³-hybridized carbons (Fsp3) is 0.120. The fourth-order valence-electron chi connectivity index (χ4n) is 3.89. The van der Waals surface area contributed by atoms with Crippen molar-refractivity contribution in [1.82, 2.24) is 10.3 Å². The summed E-state index contributed by atoms with van der Waals surface area (Å²) in [6.45, 7) is 3.74. The maximum absolute atomic E-state index is 13.0. The average Bonchev–Trinajstić information content (AvgIpc) is 3.33. The highest BCUT2D eigenvalue weighted by Crippen LogP contribution is 2.39. The molecule has 1 amide bonds. The molecule has 0 unspecified atom stereocenters. The number of anilines is 2. The number of amides is 1. The predicted octanol–water partition coefficient (Wildman–Crippen LogP) is 4.82. The minimum atomic E-state index is -0.529. The molecule has 0 radical (unpaired) electrons. The summed E-state index contributed by atoms with van der Waals surface area (Å²) in [5, 5.41) is 10.1. The van der Waals surface area contributed by atoms with Crippen LogP contribution in [0.2, 0.25) is 5.02 Å². The molecule has 7 nitrogen and oxygen atoms in total. The molecule has 166 valence electrons. The Labute approximate surface area is 194 Å². The summed E-state index contributed by atoms with van der Waals surface area (Å²) in [6, 6.07) is 18.6. The Morgan fingerprint density at radius 2 is 1.85 bits per heavy atom. The Morgan fingerprint density at radius 3 is 2.64 bits per heavy atom. The van der Waals surface area contributed by atoms with Crippen LogP contribution in [0.25, 0.3) is 22.4 Å². The highest BCUT2D eigenvalue weighted by atomic mass is 35.5. The Morgan fingerprint density at radius 1 is 1.03 bits per heavy atom. The lowest BCUT2D eigenvalue weighted by Gasteiger charge is -2.15. The van der Waals surface area contributed by atoms with E-state index in [2.05, 4.69) is 27.9 Å². The quantitative estimate of drug-likeness (QED) is 0.309. The maximum atomic E-state index is 13.0. The summed E-state index contributed by atoms with van der Waals surface area (Å²) in [6.07, 6.45) is 0. The van der Waals surface area contributed by atoms with Gasteiger partial charge >= 0.3 is 5.76 Å². The standard InChI is InChI=1S/C25H21ClN4O3/c1-2-27-13-14-3-7-17(8-4-14)28-23(15-5-10-19-21(11-15)33-25(32)30-19)22-18-9-6-16(26)12-20(18)29-24(22)31/h3-12,27-28H,2,13H2,1H3,(H,29,31)(H,30,32)/b23-22-. The highest BCUT2D eigenvalue weighted by molar-refractivity contribution is 6.38. The smallest absolute Gasteiger partial charge is 0.408 e. The van der Waals surface area contributed by atoms with Gasteiger partial charge in [0.2, 0.25) is 0 Å². The second kappa shape index (κ2) is 8.61. The van der Waals surface area contributed by atoms with Gasteiger partial charge in [0.05, 0.1) is 22.5 Å². The van der Waals surface area contributed by atoms with Gasteiger partial charge in [-0.05, 0) is 48.5 Å². The first-order valence-electron chi connectivity index (χ1n) is 10.6. The van der Waals surface area contributed by atoms with E-state index in [4.69, 9.17) is 16.0 Å². The molecule has 0 fully saturated rings. The van der Waals surface area contributed by atoms with Gasteiger partial charge in [0.25, 0.3) is 5.91 Å². The molecule has 0 saturated heterocycles. The van der Waals surface area contributed by atoms with Crippen LogP contribution in [-0.4, -0.2) is 17.4 Å². The molecule has 0 bridgehead atoms. The topological polar surface area (TPSA) is 99.2 Å². The van der Waals surface area contributed by atoms with Crippen LogP contribution in [0.3, 0.4) is 0 Å². The van der Waals surface area contributed by atoms with Gasteiger partial charge in [-0.3, -0.25) is 9.78 Å². The SMILES string of the molecule is CCNCc1ccc(N/C(=C2\C(=O)Nc3cc(Cl)ccc32)c2ccc3[nH]c(=O)oc3c2)cc1. The van der Waals surface area contributed by atoms with E-state index in [9.17, 15) is 9.59 Å². The first kappa shape index (κ1) is 21.1. The Kier molecular flexibility index (Phi) is 5.50. The molecule has 8 heteroatoms. The zero-order valence-corrected chi connectivity index (χ0v) is 18.5. The van der Waals surface area contributed by atoms with E-state index in [-0.39, 0.29) is 5.91 Å². The van der Waals surface area contributed by atoms with E-state index >= 15 is 0 Å². The van der Waals surface area contributed by atoms with Crippen LogP contribution >= 0.6 is 11.6 Å². The van der Waals surface area contributed by atoms with Crippen molar-refractivity contribution >= 4 is 51.3 Å². The molecule has 1 aliphatic heterocycles. The van der Waals surface area contributed by atoms with Gasteiger partial charge in [0.15, 0.2) is 5.58 Å². The summed E-state index contributed by atoms with van der Waals surface area (Å²) in [5.41, 5.74) is 6.15. The number of halogens is 1. The number of benzene rings is 3. The number of aromatic amines is 1. The van der Waals surface area contributed by atoms with Crippen LogP contribution in [-0.2, 0) is 11.3 Å². The van der Waals surface area contributed by atoms with E-state index in [1.165, 1.54) is 0 Å². The third-order valence-electron chi connectivity index (χ3n) is 5.49. The number of rotatable bonds is 6. The number of H-pyrrole nitrogens is 1. The lowest BCUT2D eigenvalue weighted by molar-refractivity contribution is -0.110. The predicted molar refractivity (Wildman–Crippen MR) is 131 cm³/mol. The van der Waals surface area contributed by atoms with Crippen molar-refractivity contribution in [1.29, 1.82) is 0 Å². The van der Waals surface area contributed by atoms with Gasteiger partial charge in [-0.1, -0.05) is 42.8 Å². The third-order valence-corrected chi connectivity index (χ3v) is 5.72. The Bertz CT molecular complexity index is 1450. The molecule has 0 aliphatic carbocycles. The maximum Gasteiger partial charge on any atom is 0.417 e. The number of hydrogen-bond donors (Lipinski definition) is 4. The van der Waals surface area contributed by atoms with Crippen molar-refractivity contribution in [3.8, 4) is 0 Å². The lowest BCUT2D eigenvalue weighted by Crippen LogP contribution is -2.12. The first-order valence-corrected chi connectivity index (χ1v) is 10.9. The third kappa shape index (κ3) is 4.16. The monoisotopic (exact) mass is 460 g/mol. The molecule has 3 aromatic carbocycles. The molecule has 33 heavy (non-hydrogen) atoms. The molecule has 4 aromatic rings. The van der Waals surface area contributed by atoms with E-state index in [1.807, 2.05) is 36.4 Å². The molecule has 1 aliphatic rings. The van der Waals surface area contributed by atoms with E-state index in [0.29, 0.717) is 38.6 Å². The van der Waals surface area contributed by atoms with Gasteiger partial charge in [0, 0.05) is 28.4 Å². The van der Waals surface area contributed by atoms with E-state index in [1.54, 1.807) is 24.3 Å². The molecule has 1 aromatic heterocycles. The van der Waals surface area contributed by atoms with Crippen molar-refractivity contribution in [3.63, 3.8) is 0 Å². The zero-order chi connectivity index (χ0) is 22.9. The largest absolute Gasteiger partial charge is 0.417 e. The Hall–Kier alpha value is -3.81. The molecule has 0 spiro atoms. The van der Waals surface area contributed by atoms with Crippen LogP contribution in [0.15, 0.2) is 69.9 Å². The van der Waals surface area contributed by atoms with Crippen LogP contribution < -0.4 is 21.7 Å². The minimum absolute atomic E-state index is 0.242. The second-order valence-corrected chi connectivity index (χ2v) is 8.16.